The fourth-order valence-electron chi connectivity index (χ4n) is 2.47. The van der Waals surface area contributed by atoms with E-state index in [0.29, 0.717) is 0 Å². The van der Waals surface area contributed by atoms with E-state index in [-0.39, 0.29) is 0 Å². The molecular formula is C18H15ClN4S3. The van der Waals surface area contributed by atoms with Gasteiger partial charge in [-0.15, -0.1) is 32.9 Å². The Bertz CT molecular complexity index is 978. The summed E-state index contributed by atoms with van der Waals surface area (Å²) < 4.78 is 2.10. The minimum absolute atomic E-state index is 0.731. The molecule has 0 saturated heterocycles. The van der Waals surface area contributed by atoms with Crippen LogP contribution in [-0.4, -0.2) is 19.7 Å². The van der Waals surface area contributed by atoms with E-state index in [0.717, 1.165) is 45.2 Å². The van der Waals surface area contributed by atoms with Crippen LogP contribution < -0.4 is 0 Å². The first-order valence-corrected chi connectivity index (χ1v) is 11.1. The average Bonchev–Trinajstić information content (AvgIpc) is 3.40. The van der Waals surface area contributed by atoms with Gasteiger partial charge in [0.25, 0.3) is 0 Å². The van der Waals surface area contributed by atoms with Crippen molar-refractivity contribution >= 4 is 46.0 Å². The molecule has 0 spiro atoms. The van der Waals surface area contributed by atoms with Crippen LogP contribution in [0.5, 0.6) is 0 Å². The van der Waals surface area contributed by atoms with Crippen molar-refractivity contribution in [1.82, 2.24) is 19.7 Å². The monoisotopic (exact) mass is 418 g/mol. The summed E-state index contributed by atoms with van der Waals surface area (Å²) in [4.78, 5) is 6.09. The van der Waals surface area contributed by atoms with E-state index in [9.17, 15) is 0 Å². The molecule has 0 fully saturated rings. The number of thiophene rings is 1. The first kappa shape index (κ1) is 17.7. The molecule has 0 unspecified atom stereocenters. The van der Waals surface area contributed by atoms with Gasteiger partial charge in [-0.25, -0.2) is 4.98 Å². The average molecular weight is 419 g/mol. The summed E-state index contributed by atoms with van der Waals surface area (Å²) in [6.07, 6.45) is 2.79. The van der Waals surface area contributed by atoms with Gasteiger partial charge in [-0.1, -0.05) is 47.6 Å². The van der Waals surface area contributed by atoms with Crippen molar-refractivity contribution < 1.29 is 0 Å². The van der Waals surface area contributed by atoms with Gasteiger partial charge in [-0.05, 0) is 23.9 Å². The number of rotatable bonds is 7. The summed E-state index contributed by atoms with van der Waals surface area (Å²) in [5.74, 6) is 0.763. The standard InChI is InChI=1S/C18H15ClN4S3/c19-16-6-2-1-5-15(16)17-21-13(10-25-17)11-26-18-22-20-12-23(18)8-7-14-4-3-9-24-14/h1-6,9-10,12H,7-8,11H2. The fourth-order valence-corrected chi connectivity index (χ4v) is 5.24. The Morgan fingerprint density at radius 2 is 2.04 bits per heavy atom. The van der Waals surface area contributed by atoms with Crippen LogP contribution in [0, 0.1) is 0 Å². The summed E-state index contributed by atoms with van der Waals surface area (Å²) in [6.45, 7) is 0.887. The lowest BCUT2D eigenvalue weighted by atomic mass is 10.2. The highest BCUT2D eigenvalue weighted by Gasteiger charge is 2.11. The van der Waals surface area contributed by atoms with Gasteiger partial charge in [-0.3, -0.25) is 0 Å². The van der Waals surface area contributed by atoms with Crippen LogP contribution in [0.15, 0.2) is 58.6 Å². The highest BCUT2D eigenvalue weighted by Crippen LogP contribution is 2.31. The second kappa shape index (κ2) is 8.35. The maximum Gasteiger partial charge on any atom is 0.191 e. The molecule has 0 atom stereocenters. The van der Waals surface area contributed by atoms with Crippen LogP contribution in [0.3, 0.4) is 0 Å². The SMILES string of the molecule is Clc1ccccc1-c1nc(CSc2nncn2CCc2cccs2)cs1. The lowest BCUT2D eigenvalue weighted by Gasteiger charge is -2.04. The fraction of sp³-hybridized carbons (Fsp3) is 0.167. The summed E-state index contributed by atoms with van der Waals surface area (Å²) in [5, 5.41) is 15.1. The molecule has 3 aromatic heterocycles. The molecule has 4 nitrogen and oxygen atoms in total. The molecule has 0 aliphatic carbocycles. The number of hydrogen-bond acceptors (Lipinski definition) is 6. The second-order valence-corrected chi connectivity index (χ2v) is 8.79. The molecule has 1 aromatic carbocycles. The lowest BCUT2D eigenvalue weighted by molar-refractivity contribution is 0.637. The van der Waals surface area contributed by atoms with Gasteiger partial charge in [0.1, 0.15) is 11.3 Å². The van der Waals surface area contributed by atoms with Crippen LogP contribution in [0.2, 0.25) is 5.02 Å². The van der Waals surface area contributed by atoms with Crippen molar-refractivity contribution in [2.24, 2.45) is 0 Å². The van der Waals surface area contributed by atoms with Crippen LogP contribution in [0.25, 0.3) is 10.6 Å². The van der Waals surface area contributed by atoms with Crippen molar-refractivity contribution in [2.45, 2.75) is 23.9 Å². The van der Waals surface area contributed by atoms with E-state index in [2.05, 4.69) is 37.7 Å². The molecule has 26 heavy (non-hydrogen) atoms. The van der Waals surface area contributed by atoms with Gasteiger partial charge >= 0.3 is 0 Å². The van der Waals surface area contributed by atoms with E-state index in [1.807, 2.05) is 24.3 Å². The van der Waals surface area contributed by atoms with Crippen molar-refractivity contribution in [2.75, 3.05) is 0 Å². The highest BCUT2D eigenvalue weighted by atomic mass is 35.5. The van der Waals surface area contributed by atoms with Gasteiger partial charge in [-0.2, -0.15) is 0 Å². The van der Waals surface area contributed by atoms with Crippen LogP contribution in [0.1, 0.15) is 10.6 Å². The Morgan fingerprint density at radius 3 is 2.88 bits per heavy atom. The summed E-state index contributed by atoms with van der Waals surface area (Å²) in [7, 11) is 0. The summed E-state index contributed by atoms with van der Waals surface area (Å²) in [5.41, 5.74) is 2.01. The molecule has 0 saturated carbocycles. The molecule has 0 bridgehead atoms. The Balaban J connectivity index is 1.39. The Labute approximate surface area is 168 Å². The van der Waals surface area contributed by atoms with Crippen molar-refractivity contribution in [3.8, 4) is 10.6 Å². The van der Waals surface area contributed by atoms with E-state index < -0.39 is 0 Å². The molecule has 0 amide bonds. The molecule has 0 N–H and O–H groups in total. The number of thiazole rings is 1. The summed E-state index contributed by atoms with van der Waals surface area (Å²) >= 11 is 11.3. The van der Waals surface area contributed by atoms with Crippen molar-refractivity contribution in [3.63, 3.8) is 0 Å². The van der Waals surface area contributed by atoms with E-state index >= 15 is 0 Å². The second-order valence-electron chi connectivity index (χ2n) is 5.55. The Hall–Kier alpha value is -1.67. The third-order valence-corrected chi connectivity index (χ3v) is 6.97. The van der Waals surface area contributed by atoms with E-state index in [4.69, 9.17) is 16.6 Å². The molecule has 8 heteroatoms. The number of halogens is 1. The van der Waals surface area contributed by atoms with Crippen molar-refractivity contribution in [3.05, 3.63) is 69.1 Å². The molecule has 0 aliphatic rings. The number of thioether (sulfide) groups is 1. The molecule has 4 rings (SSSR count). The highest BCUT2D eigenvalue weighted by molar-refractivity contribution is 7.98. The molecule has 4 aromatic rings. The molecular weight excluding hydrogens is 404 g/mol. The largest absolute Gasteiger partial charge is 0.308 e. The van der Waals surface area contributed by atoms with Gasteiger partial charge < -0.3 is 4.57 Å². The molecule has 3 heterocycles. The minimum Gasteiger partial charge on any atom is -0.308 e. The van der Waals surface area contributed by atoms with Gasteiger partial charge in [0, 0.05) is 28.1 Å². The zero-order valence-corrected chi connectivity index (χ0v) is 16.9. The summed E-state index contributed by atoms with van der Waals surface area (Å²) in [6, 6.07) is 12.0. The predicted octanol–water partition coefficient (Wildman–Crippen LogP) is 5.65. The van der Waals surface area contributed by atoms with Crippen molar-refractivity contribution in [1.29, 1.82) is 0 Å². The van der Waals surface area contributed by atoms with Gasteiger partial charge in [0.05, 0.1) is 10.7 Å². The lowest BCUT2D eigenvalue weighted by Crippen LogP contribution is -2.01. The first-order valence-electron chi connectivity index (χ1n) is 8.02. The number of aromatic nitrogens is 4. The van der Waals surface area contributed by atoms with Gasteiger partial charge in [0.15, 0.2) is 5.16 Å². The molecule has 132 valence electrons. The molecule has 0 radical (unpaired) electrons. The van der Waals surface area contributed by atoms with Crippen LogP contribution in [0.4, 0.5) is 0 Å². The normalized spacial score (nSPS) is 11.1. The van der Waals surface area contributed by atoms with E-state index in [1.165, 1.54) is 4.88 Å². The van der Waals surface area contributed by atoms with Gasteiger partial charge in [0.2, 0.25) is 0 Å². The van der Waals surface area contributed by atoms with Crippen LogP contribution >= 0.6 is 46.0 Å². The third kappa shape index (κ3) is 4.17. The van der Waals surface area contributed by atoms with E-state index in [1.54, 1.807) is 40.8 Å². The zero-order valence-electron chi connectivity index (χ0n) is 13.7. The topological polar surface area (TPSA) is 43.6 Å². The number of benzene rings is 1. The first-order chi connectivity index (χ1) is 12.8. The minimum atomic E-state index is 0.731. The van der Waals surface area contributed by atoms with Crippen LogP contribution in [-0.2, 0) is 18.7 Å². The smallest absolute Gasteiger partial charge is 0.191 e. The third-order valence-electron chi connectivity index (χ3n) is 3.76. The number of aryl methyl sites for hydroxylation is 2. The molecule has 0 aliphatic heterocycles. The maximum absolute atomic E-state index is 6.26. The number of hydrogen-bond donors (Lipinski definition) is 0. The predicted molar refractivity (Wildman–Crippen MR) is 110 cm³/mol. The quantitative estimate of drug-likeness (QED) is 0.363. The Morgan fingerprint density at radius 1 is 1.12 bits per heavy atom. The zero-order chi connectivity index (χ0) is 17.8. The maximum atomic E-state index is 6.26. The number of nitrogens with zero attached hydrogens (tertiary/aromatic N) is 4. The Kier molecular flexibility index (Phi) is 5.69.